The molecule has 3 aromatic carbocycles. The minimum Gasteiger partial charge on any atom is -0.496 e. The van der Waals surface area contributed by atoms with E-state index in [0.717, 1.165) is 55.8 Å². The van der Waals surface area contributed by atoms with Gasteiger partial charge in [-0.1, -0.05) is 36.4 Å². The lowest BCUT2D eigenvalue weighted by Gasteiger charge is -2.15. The Morgan fingerprint density at radius 3 is 2.53 bits per heavy atom. The molecule has 0 atom stereocenters. The lowest BCUT2D eigenvalue weighted by molar-refractivity contribution is -0.111. The van der Waals surface area contributed by atoms with Crippen LogP contribution in [0.3, 0.4) is 0 Å². The van der Waals surface area contributed by atoms with Crippen molar-refractivity contribution >= 4 is 28.1 Å². The van der Waals surface area contributed by atoms with E-state index in [1.165, 1.54) is 0 Å². The Bertz CT molecular complexity index is 1380. The van der Waals surface area contributed by atoms with Crippen molar-refractivity contribution in [1.82, 2.24) is 0 Å². The van der Waals surface area contributed by atoms with E-state index in [9.17, 15) is 4.79 Å². The van der Waals surface area contributed by atoms with Gasteiger partial charge in [-0.15, -0.1) is 0 Å². The van der Waals surface area contributed by atoms with Crippen LogP contribution in [0.2, 0.25) is 0 Å². The highest BCUT2D eigenvalue weighted by Crippen LogP contribution is 2.42. The maximum atomic E-state index is 12.8. The zero-order valence-corrected chi connectivity index (χ0v) is 20.2. The number of fused-ring (bicyclic) bond motifs is 1. The summed E-state index contributed by atoms with van der Waals surface area (Å²) in [6.07, 6.45) is 3.36. The second kappa shape index (κ2) is 9.87. The van der Waals surface area contributed by atoms with Crippen LogP contribution in [0.4, 0.5) is 5.69 Å². The molecule has 0 aliphatic rings. The molecule has 0 saturated carbocycles. The summed E-state index contributed by atoms with van der Waals surface area (Å²) in [6, 6.07) is 17.6. The van der Waals surface area contributed by atoms with Crippen molar-refractivity contribution < 1.29 is 18.7 Å². The summed E-state index contributed by atoms with van der Waals surface area (Å²) < 4.78 is 17.6. The Balaban J connectivity index is 1.82. The maximum Gasteiger partial charge on any atom is 0.248 e. The fourth-order valence-corrected chi connectivity index (χ4v) is 4.17. The number of furan rings is 1. The quantitative estimate of drug-likeness (QED) is 0.300. The molecule has 34 heavy (non-hydrogen) atoms. The molecule has 5 nitrogen and oxygen atoms in total. The third-order valence-corrected chi connectivity index (χ3v) is 5.91. The average Bonchev–Trinajstić information content (AvgIpc) is 3.26. The van der Waals surface area contributed by atoms with Gasteiger partial charge in [0.25, 0.3) is 0 Å². The molecule has 4 rings (SSSR count). The van der Waals surface area contributed by atoms with Crippen molar-refractivity contribution in [2.75, 3.05) is 19.0 Å². The third kappa shape index (κ3) is 4.42. The molecule has 0 unspecified atom stereocenters. The van der Waals surface area contributed by atoms with Crippen LogP contribution in [0.5, 0.6) is 11.5 Å². The largest absolute Gasteiger partial charge is 0.496 e. The van der Waals surface area contributed by atoms with Gasteiger partial charge < -0.3 is 19.2 Å². The summed E-state index contributed by atoms with van der Waals surface area (Å²) in [5, 5.41) is 3.91. The van der Waals surface area contributed by atoms with E-state index < -0.39 is 0 Å². The van der Waals surface area contributed by atoms with Crippen molar-refractivity contribution in [3.63, 3.8) is 0 Å². The molecule has 0 bridgehead atoms. The number of hydrogen-bond donors (Lipinski definition) is 1. The normalized spacial score (nSPS) is 11.5. The van der Waals surface area contributed by atoms with Gasteiger partial charge in [-0.2, -0.15) is 0 Å². The van der Waals surface area contributed by atoms with E-state index in [2.05, 4.69) is 5.32 Å². The highest BCUT2D eigenvalue weighted by atomic mass is 16.5. The number of hydrogen-bond acceptors (Lipinski definition) is 4. The number of benzene rings is 3. The zero-order valence-electron chi connectivity index (χ0n) is 20.2. The fourth-order valence-electron chi connectivity index (χ4n) is 4.17. The molecule has 0 fully saturated rings. The maximum absolute atomic E-state index is 12.8. The number of anilines is 1. The molecule has 1 aromatic heterocycles. The van der Waals surface area contributed by atoms with E-state index in [-0.39, 0.29) is 5.91 Å². The lowest BCUT2D eigenvalue weighted by atomic mass is 9.96. The van der Waals surface area contributed by atoms with Crippen LogP contribution >= 0.6 is 0 Å². The Hall–Kier alpha value is -3.99. The van der Waals surface area contributed by atoms with Crippen LogP contribution in [0.15, 0.2) is 71.4 Å². The number of aryl methyl sites for hydroxylation is 2. The van der Waals surface area contributed by atoms with Gasteiger partial charge in [-0.05, 0) is 57.0 Å². The van der Waals surface area contributed by atoms with Crippen molar-refractivity contribution in [3.8, 4) is 22.6 Å². The predicted octanol–water partition coefficient (Wildman–Crippen LogP) is 7.17. The molecule has 0 saturated heterocycles. The first-order valence-electron chi connectivity index (χ1n) is 11.3. The second-order valence-electron chi connectivity index (χ2n) is 8.17. The van der Waals surface area contributed by atoms with E-state index in [4.69, 9.17) is 13.9 Å². The smallest absolute Gasteiger partial charge is 0.248 e. The molecule has 1 amide bonds. The van der Waals surface area contributed by atoms with Gasteiger partial charge in [0.05, 0.1) is 20.0 Å². The lowest BCUT2D eigenvalue weighted by Crippen LogP contribution is -2.10. The Kier molecular flexibility index (Phi) is 6.73. The molecule has 174 valence electrons. The zero-order chi connectivity index (χ0) is 24.2. The minimum absolute atomic E-state index is 0.191. The van der Waals surface area contributed by atoms with Crippen LogP contribution in [0.1, 0.15) is 30.5 Å². The number of rotatable bonds is 7. The molecular formula is C29H29NO4. The average molecular weight is 456 g/mol. The monoisotopic (exact) mass is 455 g/mol. The van der Waals surface area contributed by atoms with E-state index >= 15 is 0 Å². The van der Waals surface area contributed by atoms with Gasteiger partial charge in [-0.3, -0.25) is 4.79 Å². The standard InChI is InChI=1S/C29H29NO4/c1-6-33-28-20(4)29-23(24(17-34-29)21-12-8-10-14-26(21)32-5)16-22(28)19(3)15-27(31)30-25-13-9-7-11-18(25)2/h7-17H,6H2,1-5H3,(H,30,31)/b19-15+. The van der Waals surface area contributed by atoms with Gasteiger partial charge in [0.15, 0.2) is 0 Å². The summed E-state index contributed by atoms with van der Waals surface area (Å²) in [4.78, 5) is 12.8. The highest BCUT2D eigenvalue weighted by Gasteiger charge is 2.20. The van der Waals surface area contributed by atoms with Crippen LogP contribution in [0.25, 0.3) is 27.7 Å². The van der Waals surface area contributed by atoms with Crippen molar-refractivity contribution in [2.45, 2.75) is 27.7 Å². The molecule has 0 radical (unpaired) electrons. The summed E-state index contributed by atoms with van der Waals surface area (Å²) in [5.74, 6) is 1.29. The van der Waals surface area contributed by atoms with Gasteiger partial charge in [0.1, 0.15) is 17.1 Å². The second-order valence-corrected chi connectivity index (χ2v) is 8.17. The number of allylic oxidation sites excluding steroid dienone is 1. The van der Waals surface area contributed by atoms with Gasteiger partial charge in [0.2, 0.25) is 5.91 Å². The predicted molar refractivity (Wildman–Crippen MR) is 138 cm³/mol. The number of nitrogens with one attached hydrogen (secondary N) is 1. The van der Waals surface area contributed by atoms with E-state index in [0.29, 0.717) is 12.4 Å². The van der Waals surface area contributed by atoms with Gasteiger partial charge in [0, 0.05) is 39.4 Å². The van der Waals surface area contributed by atoms with E-state index in [1.54, 1.807) is 19.4 Å². The summed E-state index contributed by atoms with van der Waals surface area (Å²) in [6.45, 7) is 8.31. The van der Waals surface area contributed by atoms with Gasteiger partial charge >= 0.3 is 0 Å². The van der Waals surface area contributed by atoms with Crippen molar-refractivity contribution in [3.05, 3.63) is 83.6 Å². The van der Waals surface area contributed by atoms with Crippen LogP contribution in [0, 0.1) is 13.8 Å². The number of para-hydroxylation sites is 2. The molecule has 5 heteroatoms. The molecule has 4 aromatic rings. The summed E-state index contributed by atoms with van der Waals surface area (Å²) in [7, 11) is 1.66. The Labute approximate surface area is 200 Å². The number of methoxy groups -OCH3 is 1. The Morgan fingerprint density at radius 2 is 1.79 bits per heavy atom. The minimum atomic E-state index is -0.191. The summed E-state index contributed by atoms with van der Waals surface area (Å²) >= 11 is 0. The SMILES string of the molecule is CCOc1c(/C(C)=C/C(=O)Nc2ccccc2C)cc2c(-c3ccccc3OC)coc2c1C. The highest BCUT2D eigenvalue weighted by molar-refractivity contribution is 6.06. The van der Waals surface area contributed by atoms with E-state index in [1.807, 2.05) is 82.3 Å². The van der Waals surface area contributed by atoms with Crippen LogP contribution < -0.4 is 14.8 Å². The fraction of sp³-hybridized carbons (Fsp3) is 0.207. The molecule has 0 spiro atoms. The first-order chi connectivity index (χ1) is 16.4. The third-order valence-electron chi connectivity index (χ3n) is 5.91. The molecule has 1 N–H and O–H groups in total. The van der Waals surface area contributed by atoms with Gasteiger partial charge in [-0.25, -0.2) is 0 Å². The van der Waals surface area contributed by atoms with Crippen LogP contribution in [-0.2, 0) is 4.79 Å². The van der Waals surface area contributed by atoms with Crippen molar-refractivity contribution in [2.24, 2.45) is 0 Å². The number of amides is 1. The molecule has 0 aliphatic carbocycles. The number of carbonyl (C=O) groups is 1. The topological polar surface area (TPSA) is 60.7 Å². The molecular weight excluding hydrogens is 426 g/mol. The summed E-state index contributed by atoms with van der Waals surface area (Å²) in [5.41, 5.74) is 6.97. The molecule has 0 aliphatic heterocycles. The molecule has 1 heterocycles. The van der Waals surface area contributed by atoms with Crippen molar-refractivity contribution in [1.29, 1.82) is 0 Å². The number of carbonyl (C=O) groups excluding carboxylic acids is 1. The number of ether oxygens (including phenoxy) is 2. The Morgan fingerprint density at radius 1 is 1.06 bits per heavy atom. The van der Waals surface area contributed by atoms with Crippen LogP contribution in [-0.4, -0.2) is 19.6 Å². The first-order valence-corrected chi connectivity index (χ1v) is 11.3. The first kappa shape index (κ1) is 23.2.